The van der Waals surface area contributed by atoms with Crippen LogP contribution in [0.25, 0.3) is 0 Å². The first-order valence-electron chi connectivity index (χ1n) is 28.0. The highest BCUT2D eigenvalue weighted by atomic mass is 31.2. The molecule has 0 aliphatic heterocycles. The molecule has 9 heteroatoms. The van der Waals surface area contributed by atoms with Crippen LogP contribution in [0.1, 0.15) is 258 Å². The van der Waals surface area contributed by atoms with E-state index in [2.05, 4.69) is 48.7 Å². The number of hydrogen-bond donors (Lipinski definition) is 3. The minimum absolute atomic E-state index is 0.0531. The molecule has 0 radical (unpaired) electrons. The van der Waals surface area contributed by atoms with Gasteiger partial charge >= 0.3 is 7.82 Å². The Morgan fingerprint density at radius 3 is 1.30 bits per heavy atom. The molecule has 0 saturated carbocycles. The summed E-state index contributed by atoms with van der Waals surface area (Å²) < 4.78 is 23.5. The lowest BCUT2D eigenvalue weighted by Gasteiger charge is -2.25. The zero-order valence-corrected chi connectivity index (χ0v) is 45.1. The maximum absolute atomic E-state index is 12.9. The predicted molar refractivity (Wildman–Crippen MR) is 286 cm³/mol. The summed E-state index contributed by atoms with van der Waals surface area (Å²) in [6.45, 7) is 4.56. The zero-order valence-electron chi connectivity index (χ0n) is 44.2. The number of allylic oxidation sites excluding steroid dienone is 7. The Kier molecular flexibility index (Phi) is 47.4. The summed E-state index contributed by atoms with van der Waals surface area (Å²) in [4.78, 5) is 23.1. The van der Waals surface area contributed by atoms with Crippen molar-refractivity contribution in [2.75, 3.05) is 40.9 Å². The molecule has 0 aliphatic rings. The molecule has 3 atom stereocenters. The monoisotopic (exact) mass is 950 g/mol. The van der Waals surface area contributed by atoms with E-state index in [4.69, 9.17) is 9.05 Å². The van der Waals surface area contributed by atoms with Gasteiger partial charge < -0.3 is 19.8 Å². The van der Waals surface area contributed by atoms with Gasteiger partial charge in [0, 0.05) is 6.42 Å². The predicted octanol–water partition coefficient (Wildman–Crippen LogP) is 16.8. The van der Waals surface area contributed by atoms with E-state index >= 15 is 0 Å². The van der Waals surface area contributed by atoms with Crippen molar-refractivity contribution in [2.24, 2.45) is 0 Å². The normalized spacial score (nSPS) is 14.3. The highest BCUT2D eigenvalue weighted by Gasteiger charge is 2.27. The van der Waals surface area contributed by atoms with Crippen LogP contribution < -0.4 is 5.32 Å². The van der Waals surface area contributed by atoms with Gasteiger partial charge in [0.25, 0.3) is 0 Å². The third-order valence-electron chi connectivity index (χ3n) is 12.6. The molecule has 0 rings (SSSR count). The maximum atomic E-state index is 12.9. The van der Waals surface area contributed by atoms with Crippen molar-refractivity contribution in [1.82, 2.24) is 5.32 Å². The molecule has 66 heavy (non-hydrogen) atoms. The van der Waals surface area contributed by atoms with Gasteiger partial charge in [-0.05, 0) is 64.7 Å². The molecule has 1 amide bonds. The van der Waals surface area contributed by atoms with Gasteiger partial charge in [0.15, 0.2) is 0 Å². The van der Waals surface area contributed by atoms with Gasteiger partial charge in [-0.2, -0.15) is 0 Å². The Morgan fingerprint density at radius 1 is 0.530 bits per heavy atom. The number of amides is 1. The van der Waals surface area contributed by atoms with E-state index in [0.29, 0.717) is 17.4 Å². The van der Waals surface area contributed by atoms with Crippen LogP contribution in [-0.2, 0) is 18.4 Å². The van der Waals surface area contributed by atoms with Gasteiger partial charge in [0.05, 0.1) is 39.9 Å². The van der Waals surface area contributed by atoms with Gasteiger partial charge in [-0.15, -0.1) is 0 Å². The quantitative estimate of drug-likeness (QED) is 0.0243. The van der Waals surface area contributed by atoms with Crippen LogP contribution in [-0.4, -0.2) is 73.4 Å². The second-order valence-corrected chi connectivity index (χ2v) is 21.8. The van der Waals surface area contributed by atoms with Gasteiger partial charge in [-0.3, -0.25) is 13.8 Å². The van der Waals surface area contributed by atoms with Crippen LogP contribution in [0.2, 0.25) is 0 Å². The molecule has 388 valence electrons. The number of carbonyl (C=O) groups is 1. The lowest BCUT2D eigenvalue weighted by Crippen LogP contribution is -2.45. The fourth-order valence-electron chi connectivity index (χ4n) is 8.20. The highest BCUT2D eigenvalue weighted by Crippen LogP contribution is 2.43. The number of nitrogens with one attached hydrogen (secondary N) is 1. The maximum Gasteiger partial charge on any atom is 0.472 e. The number of quaternary nitrogens is 1. The summed E-state index contributed by atoms with van der Waals surface area (Å²) in [7, 11) is 1.55. The third-order valence-corrected chi connectivity index (χ3v) is 13.6. The minimum atomic E-state index is -4.35. The topological polar surface area (TPSA) is 105 Å². The Balaban J connectivity index is 3.88. The van der Waals surface area contributed by atoms with Crippen LogP contribution in [0.5, 0.6) is 0 Å². The third kappa shape index (κ3) is 50.3. The standard InChI is InChI=1S/C57H109N2O6P/c1-6-8-10-12-14-16-17-18-19-20-21-22-23-24-25-26-27-28-29-30-31-32-33-34-35-36-37-38-39-40-41-43-45-47-49-51-57(61)58-55(54-65-66(62,63)64-53-52-59(3,4)5)56(60)50-48-46-44-42-15-13-11-9-7-2/h7,9,15,26-27,42,48,50,55-56,60H,6,8,10-14,16-25,28-41,43-47,49,51-54H2,1-5H3,(H-,58,61,62,63)/p+1/b9-7+,27-26-,42-15+,50-48+. The molecule has 8 nitrogen and oxygen atoms in total. The number of unbranched alkanes of at least 4 members (excludes halogenated alkanes) is 33. The number of likely N-dealkylation sites (N-methyl/N-ethyl adjacent to an activating group) is 1. The number of hydrogen-bond acceptors (Lipinski definition) is 5. The van der Waals surface area contributed by atoms with Crippen molar-refractivity contribution in [3.63, 3.8) is 0 Å². The number of phosphoric acid groups is 1. The van der Waals surface area contributed by atoms with Crippen molar-refractivity contribution in [1.29, 1.82) is 0 Å². The first-order valence-corrected chi connectivity index (χ1v) is 29.5. The molecule has 0 heterocycles. The molecule has 0 fully saturated rings. The fourth-order valence-corrected chi connectivity index (χ4v) is 8.93. The summed E-state index contributed by atoms with van der Waals surface area (Å²) in [6, 6.07) is -0.867. The average molecular weight is 950 g/mol. The zero-order chi connectivity index (χ0) is 48.5. The summed E-state index contributed by atoms with van der Waals surface area (Å²) in [5.41, 5.74) is 0. The first-order chi connectivity index (χ1) is 32.0. The Hall–Kier alpha value is -1.54. The van der Waals surface area contributed by atoms with Crippen molar-refractivity contribution in [2.45, 2.75) is 270 Å². The number of rotatable bonds is 51. The molecule has 0 aromatic carbocycles. The van der Waals surface area contributed by atoms with Gasteiger partial charge in [0.2, 0.25) is 5.91 Å². The number of nitrogens with zero attached hydrogens (tertiary/aromatic N) is 1. The summed E-state index contributed by atoms with van der Waals surface area (Å²) >= 11 is 0. The second-order valence-electron chi connectivity index (χ2n) is 20.3. The molecule has 0 spiro atoms. The van der Waals surface area contributed by atoms with Crippen molar-refractivity contribution >= 4 is 13.7 Å². The molecule has 0 bridgehead atoms. The molecule has 3 unspecified atom stereocenters. The first kappa shape index (κ1) is 64.5. The van der Waals surface area contributed by atoms with Crippen molar-refractivity contribution < 1.29 is 32.9 Å². The van der Waals surface area contributed by atoms with E-state index in [9.17, 15) is 19.4 Å². The van der Waals surface area contributed by atoms with Crippen LogP contribution in [0, 0.1) is 0 Å². The Morgan fingerprint density at radius 2 is 0.894 bits per heavy atom. The van der Waals surface area contributed by atoms with Crippen molar-refractivity contribution in [3.8, 4) is 0 Å². The lowest BCUT2D eigenvalue weighted by molar-refractivity contribution is -0.870. The van der Waals surface area contributed by atoms with E-state index in [1.807, 2.05) is 34.1 Å². The van der Waals surface area contributed by atoms with E-state index in [1.165, 1.54) is 193 Å². The minimum Gasteiger partial charge on any atom is -0.387 e. The summed E-state index contributed by atoms with van der Waals surface area (Å²) in [5.74, 6) is -0.192. The van der Waals surface area contributed by atoms with Gasteiger partial charge in [-0.25, -0.2) is 4.57 Å². The second kappa shape index (κ2) is 48.5. The Labute approximate surface area is 409 Å². The van der Waals surface area contributed by atoms with Crippen LogP contribution >= 0.6 is 7.82 Å². The number of aliphatic hydroxyl groups excluding tert-OH is 1. The molecular formula is C57H110N2O6P+. The van der Waals surface area contributed by atoms with Gasteiger partial charge in [0.1, 0.15) is 13.2 Å². The van der Waals surface area contributed by atoms with Crippen LogP contribution in [0.4, 0.5) is 0 Å². The smallest absolute Gasteiger partial charge is 0.387 e. The van der Waals surface area contributed by atoms with Gasteiger partial charge in [-0.1, -0.05) is 235 Å². The molecule has 0 aromatic heterocycles. The van der Waals surface area contributed by atoms with E-state index in [-0.39, 0.29) is 19.1 Å². The van der Waals surface area contributed by atoms with Crippen LogP contribution in [0.3, 0.4) is 0 Å². The highest BCUT2D eigenvalue weighted by molar-refractivity contribution is 7.47. The number of aliphatic hydroxyl groups is 1. The molecule has 0 aromatic rings. The Bertz CT molecular complexity index is 1210. The van der Waals surface area contributed by atoms with Crippen molar-refractivity contribution in [3.05, 3.63) is 48.6 Å². The van der Waals surface area contributed by atoms with E-state index < -0.39 is 20.0 Å². The summed E-state index contributed by atoms with van der Waals surface area (Å²) in [5, 5.41) is 13.8. The molecule has 0 saturated heterocycles. The van der Waals surface area contributed by atoms with E-state index in [1.54, 1.807) is 6.08 Å². The number of phosphoric ester groups is 1. The molecular weight excluding hydrogens is 840 g/mol. The van der Waals surface area contributed by atoms with E-state index in [0.717, 1.165) is 44.9 Å². The average Bonchev–Trinajstić information content (AvgIpc) is 3.28. The SMILES string of the molecule is C/C=C/CC/C=C/CC/C=C/C(O)C(COP(=O)(O)OCC[N+](C)(C)C)NC(=O)CCCCCCCCCCCCCCCCCCC/C=C\CCCCCCCCCCCCCCCC. The largest absolute Gasteiger partial charge is 0.472 e. The number of carbonyl (C=O) groups excluding carboxylic acids is 1. The fraction of sp³-hybridized carbons (Fsp3) is 0.842. The summed E-state index contributed by atoms with van der Waals surface area (Å²) in [6.07, 6.45) is 64.2. The lowest BCUT2D eigenvalue weighted by atomic mass is 10.0. The molecule has 0 aliphatic carbocycles. The van der Waals surface area contributed by atoms with Crippen LogP contribution in [0.15, 0.2) is 48.6 Å². The molecule has 3 N–H and O–H groups in total.